The van der Waals surface area contributed by atoms with Gasteiger partial charge in [0.1, 0.15) is 0 Å². The highest BCUT2D eigenvalue weighted by molar-refractivity contribution is 5.78. The predicted molar refractivity (Wildman–Crippen MR) is 84.7 cm³/mol. The van der Waals surface area contributed by atoms with Gasteiger partial charge in [0.2, 0.25) is 5.75 Å². The molecule has 122 valence electrons. The SMILES string of the molecule is COc1cccc(OC)c1OCC(=O)NC1CCCCCC1. The molecule has 1 fully saturated rings. The van der Waals surface area contributed by atoms with Crippen molar-refractivity contribution in [1.29, 1.82) is 0 Å². The van der Waals surface area contributed by atoms with Crippen LogP contribution in [0.15, 0.2) is 18.2 Å². The third-order valence-electron chi connectivity index (χ3n) is 3.95. The van der Waals surface area contributed by atoms with Crippen LogP contribution in [0.5, 0.6) is 17.2 Å². The highest BCUT2D eigenvalue weighted by Gasteiger charge is 2.17. The first-order valence-corrected chi connectivity index (χ1v) is 7.87. The van der Waals surface area contributed by atoms with Crippen LogP contribution in [0, 0.1) is 0 Å². The summed E-state index contributed by atoms with van der Waals surface area (Å²) in [6.07, 6.45) is 7.02. The van der Waals surface area contributed by atoms with Crippen molar-refractivity contribution in [3.05, 3.63) is 18.2 Å². The molecule has 0 aromatic heterocycles. The molecule has 22 heavy (non-hydrogen) atoms. The Bertz CT molecular complexity index is 459. The Hall–Kier alpha value is -1.91. The van der Waals surface area contributed by atoms with Crippen molar-refractivity contribution in [3.8, 4) is 17.2 Å². The van der Waals surface area contributed by atoms with Crippen molar-refractivity contribution in [2.75, 3.05) is 20.8 Å². The summed E-state index contributed by atoms with van der Waals surface area (Å²) in [6.45, 7) is -0.0345. The lowest BCUT2D eigenvalue weighted by Crippen LogP contribution is -2.37. The third-order valence-corrected chi connectivity index (χ3v) is 3.95. The number of para-hydroxylation sites is 1. The Morgan fingerprint density at radius 2 is 1.68 bits per heavy atom. The molecule has 1 aliphatic rings. The van der Waals surface area contributed by atoms with Gasteiger partial charge in [0, 0.05) is 6.04 Å². The first kappa shape index (κ1) is 16.5. The fourth-order valence-electron chi connectivity index (χ4n) is 2.79. The average Bonchev–Trinajstić information content (AvgIpc) is 2.81. The first-order chi connectivity index (χ1) is 10.7. The molecule has 0 heterocycles. The number of nitrogens with one attached hydrogen (secondary N) is 1. The normalized spacial score (nSPS) is 15.7. The molecule has 1 saturated carbocycles. The molecule has 0 saturated heterocycles. The smallest absolute Gasteiger partial charge is 0.258 e. The minimum absolute atomic E-state index is 0.0345. The standard InChI is InChI=1S/C17H25NO4/c1-20-14-10-7-11-15(21-2)17(14)22-12-16(19)18-13-8-5-3-4-6-9-13/h7,10-11,13H,3-6,8-9,12H2,1-2H3,(H,18,19). The molecule has 0 radical (unpaired) electrons. The zero-order chi connectivity index (χ0) is 15.8. The Balaban J connectivity index is 1.90. The lowest BCUT2D eigenvalue weighted by atomic mass is 10.1. The van der Waals surface area contributed by atoms with E-state index in [9.17, 15) is 4.79 Å². The van der Waals surface area contributed by atoms with Crippen LogP contribution in [0.4, 0.5) is 0 Å². The lowest BCUT2D eigenvalue weighted by Gasteiger charge is -2.17. The van der Waals surface area contributed by atoms with Crippen LogP contribution in [-0.2, 0) is 4.79 Å². The minimum atomic E-state index is -0.0974. The number of benzene rings is 1. The maximum Gasteiger partial charge on any atom is 0.258 e. The van der Waals surface area contributed by atoms with Crippen molar-refractivity contribution in [1.82, 2.24) is 5.32 Å². The van der Waals surface area contributed by atoms with E-state index in [4.69, 9.17) is 14.2 Å². The van der Waals surface area contributed by atoms with Crippen molar-refractivity contribution in [2.45, 2.75) is 44.6 Å². The Kier molecular flexibility index (Phi) is 6.37. The largest absolute Gasteiger partial charge is 0.493 e. The summed E-state index contributed by atoms with van der Waals surface area (Å²) in [6, 6.07) is 5.65. The topological polar surface area (TPSA) is 56.8 Å². The van der Waals surface area contributed by atoms with Gasteiger partial charge in [-0.05, 0) is 25.0 Å². The van der Waals surface area contributed by atoms with Crippen LogP contribution >= 0.6 is 0 Å². The van der Waals surface area contributed by atoms with Gasteiger partial charge in [-0.3, -0.25) is 4.79 Å². The monoisotopic (exact) mass is 307 g/mol. The second kappa shape index (κ2) is 8.51. The van der Waals surface area contributed by atoms with Gasteiger partial charge in [-0.25, -0.2) is 0 Å². The number of hydrogen-bond donors (Lipinski definition) is 1. The number of amides is 1. The summed E-state index contributed by atoms with van der Waals surface area (Å²) < 4.78 is 16.1. The summed E-state index contributed by atoms with van der Waals surface area (Å²) in [4.78, 5) is 12.1. The molecular formula is C17H25NO4. The van der Waals surface area contributed by atoms with E-state index in [1.165, 1.54) is 25.7 Å². The number of carbonyl (C=O) groups excluding carboxylic acids is 1. The molecule has 0 spiro atoms. The fraction of sp³-hybridized carbons (Fsp3) is 0.588. The lowest BCUT2D eigenvalue weighted by molar-refractivity contribution is -0.123. The van der Waals surface area contributed by atoms with Crippen LogP contribution in [-0.4, -0.2) is 32.8 Å². The first-order valence-electron chi connectivity index (χ1n) is 7.87. The van der Waals surface area contributed by atoms with Crippen molar-refractivity contribution in [3.63, 3.8) is 0 Å². The summed E-state index contributed by atoms with van der Waals surface area (Å²) in [5, 5.41) is 3.06. The highest BCUT2D eigenvalue weighted by atomic mass is 16.5. The second-order valence-electron chi connectivity index (χ2n) is 5.54. The van der Waals surface area contributed by atoms with E-state index in [-0.39, 0.29) is 18.6 Å². The maximum atomic E-state index is 12.1. The Labute approximate surface area is 131 Å². The van der Waals surface area contributed by atoms with Crippen molar-refractivity contribution >= 4 is 5.91 Å². The molecule has 0 atom stereocenters. The Morgan fingerprint density at radius 1 is 1.09 bits per heavy atom. The number of rotatable bonds is 6. The van der Waals surface area contributed by atoms with E-state index in [1.54, 1.807) is 26.4 Å². The molecule has 5 nitrogen and oxygen atoms in total. The van der Waals surface area contributed by atoms with Gasteiger partial charge in [0.05, 0.1) is 14.2 Å². The average molecular weight is 307 g/mol. The summed E-state index contributed by atoms with van der Waals surface area (Å²) in [7, 11) is 3.13. The third kappa shape index (κ3) is 4.55. The van der Waals surface area contributed by atoms with Crippen LogP contribution in [0.1, 0.15) is 38.5 Å². The van der Waals surface area contributed by atoms with Gasteiger partial charge in [0.25, 0.3) is 5.91 Å². The molecule has 1 N–H and O–H groups in total. The number of methoxy groups -OCH3 is 2. The molecule has 5 heteroatoms. The van der Waals surface area contributed by atoms with E-state index in [0.717, 1.165) is 12.8 Å². The van der Waals surface area contributed by atoms with E-state index < -0.39 is 0 Å². The summed E-state index contributed by atoms with van der Waals surface area (Å²) in [5.41, 5.74) is 0. The zero-order valence-electron chi connectivity index (χ0n) is 13.4. The molecule has 1 amide bonds. The second-order valence-corrected chi connectivity index (χ2v) is 5.54. The molecular weight excluding hydrogens is 282 g/mol. The minimum Gasteiger partial charge on any atom is -0.493 e. The van der Waals surface area contributed by atoms with E-state index in [2.05, 4.69) is 5.32 Å². The van der Waals surface area contributed by atoms with Gasteiger partial charge in [-0.1, -0.05) is 31.7 Å². The van der Waals surface area contributed by atoms with E-state index >= 15 is 0 Å². The van der Waals surface area contributed by atoms with Crippen molar-refractivity contribution < 1.29 is 19.0 Å². The van der Waals surface area contributed by atoms with Gasteiger partial charge in [-0.15, -0.1) is 0 Å². The van der Waals surface area contributed by atoms with E-state index in [0.29, 0.717) is 17.2 Å². The summed E-state index contributed by atoms with van der Waals surface area (Å²) in [5.74, 6) is 1.48. The van der Waals surface area contributed by atoms with Gasteiger partial charge >= 0.3 is 0 Å². The molecule has 0 bridgehead atoms. The van der Waals surface area contributed by atoms with E-state index in [1.807, 2.05) is 6.07 Å². The number of carbonyl (C=O) groups is 1. The summed E-state index contributed by atoms with van der Waals surface area (Å²) >= 11 is 0. The van der Waals surface area contributed by atoms with Crippen LogP contribution in [0.25, 0.3) is 0 Å². The molecule has 0 unspecified atom stereocenters. The Morgan fingerprint density at radius 3 is 2.23 bits per heavy atom. The van der Waals surface area contributed by atoms with Gasteiger partial charge in [0.15, 0.2) is 18.1 Å². The molecule has 1 aromatic rings. The quantitative estimate of drug-likeness (QED) is 0.821. The zero-order valence-corrected chi connectivity index (χ0v) is 13.4. The van der Waals surface area contributed by atoms with Gasteiger partial charge in [-0.2, -0.15) is 0 Å². The van der Waals surface area contributed by atoms with Crippen molar-refractivity contribution in [2.24, 2.45) is 0 Å². The number of ether oxygens (including phenoxy) is 3. The molecule has 2 rings (SSSR count). The van der Waals surface area contributed by atoms with Gasteiger partial charge < -0.3 is 19.5 Å². The van der Waals surface area contributed by atoms with Crippen LogP contribution in [0.2, 0.25) is 0 Å². The number of hydrogen-bond acceptors (Lipinski definition) is 4. The predicted octanol–water partition coefficient (Wildman–Crippen LogP) is 2.92. The highest BCUT2D eigenvalue weighted by Crippen LogP contribution is 2.36. The van der Waals surface area contributed by atoms with Crippen LogP contribution < -0.4 is 19.5 Å². The van der Waals surface area contributed by atoms with Crippen LogP contribution in [0.3, 0.4) is 0 Å². The fourth-order valence-corrected chi connectivity index (χ4v) is 2.79. The molecule has 1 aromatic carbocycles. The maximum absolute atomic E-state index is 12.1. The molecule has 0 aliphatic heterocycles. The molecule has 1 aliphatic carbocycles.